The average Bonchev–Trinajstić information content (AvgIpc) is 2.80. The van der Waals surface area contributed by atoms with E-state index in [9.17, 15) is 0 Å². The Labute approximate surface area is 105 Å². The minimum atomic E-state index is 0.616. The fourth-order valence-corrected chi connectivity index (χ4v) is 2.21. The molecule has 0 aliphatic heterocycles. The summed E-state index contributed by atoms with van der Waals surface area (Å²) in [6, 6.07) is 0. The molecule has 0 aliphatic rings. The van der Waals surface area contributed by atoms with Crippen molar-refractivity contribution in [3.05, 3.63) is 28.3 Å². The molecule has 2 aromatic rings. The number of nitrogens with one attached hydrogen (secondary N) is 1. The summed E-state index contributed by atoms with van der Waals surface area (Å²) >= 11 is 1.47. The molecule has 0 unspecified atom stereocenters. The van der Waals surface area contributed by atoms with E-state index < -0.39 is 0 Å². The molecule has 0 amide bonds. The third-order valence-electron chi connectivity index (χ3n) is 2.87. The monoisotopic (exact) mass is 251 g/mol. The fourth-order valence-electron chi connectivity index (χ4n) is 1.65. The summed E-state index contributed by atoms with van der Waals surface area (Å²) in [5.74, 6) is 1.04. The maximum Gasteiger partial charge on any atom is 0.180 e. The second kappa shape index (κ2) is 4.85. The van der Waals surface area contributed by atoms with Crippen LogP contribution in [-0.2, 0) is 20.1 Å². The zero-order valence-corrected chi connectivity index (χ0v) is 11.1. The van der Waals surface area contributed by atoms with E-state index in [1.165, 1.54) is 17.0 Å². The van der Waals surface area contributed by atoms with E-state index in [4.69, 9.17) is 5.73 Å². The van der Waals surface area contributed by atoms with Gasteiger partial charge in [0.2, 0.25) is 0 Å². The molecule has 0 spiro atoms. The van der Waals surface area contributed by atoms with E-state index in [1.54, 1.807) is 0 Å². The Morgan fingerprint density at radius 2 is 2.12 bits per heavy atom. The first-order valence-electron chi connectivity index (χ1n) is 5.47. The van der Waals surface area contributed by atoms with Crippen molar-refractivity contribution in [1.82, 2.24) is 19.9 Å². The molecule has 2 aromatic heterocycles. The molecule has 6 heteroatoms. The van der Waals surface area contributed by atoms with Gasteiger partial charge in [-0.05, 0) is 13.8 Å². The van der Waals surface area contributed by atoms with Crippen LogP contribution in [-0.4, -0.2) is 14.5 Å². The Balaban J connectivity index is 1.92. The van der Waals surface area contributed by atoms with E-state index in [-0.39, 0.29) is 0 Å². The zero-order chi connectivity index (χ0) is 12.4. The molecule has 17 heavy (non-hydrogen) atoms. The van der Waals surface area contributed by atoms with Crippen molar-refractivity contribution in [3.8, 4) is 0 Å². The number of rotatable bonds is 4. The smallest absolute Gasteiger partial charge is 0.180 e. The van der Waals surface area contributed by atoms with Crippen molar-refractivity contribution >= 4 is 16.5 Å². The summed E-state index contributed by atoms with van der Waals surface area (Å²) in [5.41, 5.74) is 8.85. The van der Waals surface area contributed by atoms with Crippen LogP contribution in [0.3, 0.4) is 0 Å². The standard InChI is InChI=1S/C11H17N5S/c1-7-8(2)16(3)10(14-7)5-13-4-9-6-17-11(12)15-9/h6,13H,4-5H2,1-3H3,(H2,12,15). The van der Waals surface area contributed by atoms with E-state index in [0.29, 0.717) is 5.13 Å². The van der Waals surface area contributed by atoms with Gasteiger partial charge in [0.1, 0.15) is 5.82 Å². The van der Waals surface area contributed by atoms with Gasteiger partial charge in [0.25, 0.3) is 0 Å². The molecule has 3 N–H and O–H groups in total. The van der Waals surface area contributed by atoms with Gasteiger partial charge in [-0.15, -0.1) is 11.3 Å². The highest BCUT2D eigenvalue weighted by Gasteiger charge is 2.07. The van der Waals surface area contributed by atoms with Crippen LogP contribution in [0.2, 0.25) is 0 Å². The SMILES string of the molecule is Cc1nc(CNCc2csc(N)n2)n(C)c1C. The van der Waals surface area contributed by atoms with Crippen molar-refractivity contribution < 1.29 is 0 Å². The highest BCUT2D eigenvalue weighted by Crippen LogP contribution is 2.11. The van der Waals surface area contributed by atoms with Gasteiger partial charge in [0, 0.05) is 24.7 Å². The van der Waals surface area contributed by atoms with Crippen LogP contribution < -0.4 is 11.1 Å². The molecule has 0 saturated carbocycles. The third-order valence-corrected chi connectivity index (χ3v) is 3.59. The molecule has 0 radical (unpaired) electrons. The van der Waals surface area contributed by atoms with Gasteiger partial charge < -0.3 is 15.6 Å². The van der Waals surface area contributed by atoms with E-state index >= 15 is 0 Å². The Kier molecular flexibility index (Phi) is 3.44. The second-order valence-corrected chi connectivity index (χ2v) is 4.93. The summed E-state index contributed by atoms with van der Waals surface area (Å²) < 4.78 is 2.11. The molecule has 0 fully saturated rings. The summed E-state index contributed by atoms with van der Waals surface area (Å²) in [5, 5.41) is 5.90. The Morgan fingerprint density at radius 1 is 1.35 bits per heavy atom. The lowest BCUT2D eigenvalue weighted by Crippen LogP contribution is -2.16. The topological polar surface area (TPSA) is 68.8 Å². The summed E-state index contributed by atoms with van der Waals surface area (Å²) in [6.07, 6.45) is 0. The van der Waals surface area contributed by atoms with Crippen molar-refractivity contribution in [2.24, 2.45) is 7.05 Å². The van der Waals surface area contributed by atoms with Gasteiger partial charge in [-0.25, -0.2) is 9.97 Å². The lowest BCUT2D eigenvalue weighted by Gasteiger charge is -2.04. The van der Waals surface area contributed by atoms with E-state index in [2.05, 4.69) is 26.8 Å². The minimum Gasteiger partial charge on any atom is -0.375 e. The molecule has 0 saturated heterocycles. The molecule has 0 bridgehead atoms. The first-order chi connectivity index (χ1) is 8.08. The first-order valence-corrected chi connectivity index (χ1v) is 6.35. The first kappa shape index (κ1) is 12.1. The Bertz CT molecular complexity index is 514. The van der Waals surface area contributed by atoms with Crippen LogP contribution in [0.4, 0.5) is 5.13 Å². The van der Waals surface area contributed by atoms with Gasteiger partial charge >= 0.3 is 0 Å². The van der Waals surface area contributed by atoms with Gasteiger partial charge in [-0.3, -0.25) is 0 Å². The number of aromatic nitrogens is 3. The highest BCUT2D eigenvalue weighted by atomic mass is 32.1. The second-order valence-electron chi connectivity index (χ2n) is 4.04. The number of hydrogen-bond donors (Lipinski definition) is 2. The van der Waals surface area contributed by atoms with Gasteiger partial charge in [0.15, 0.2) is 5.13 Å². The van der Waals surface area contributed by atoms with Crippen LogP contribution in [0.15, 0.2) is 5.38 Å². The predicted molar refractivity (Wildman–Crippen MR) is 69.8 cm³/mol. The maximum atomic E-state index is 5.57. The van der Waals surface area contributed by atoms with E-state index in [0.717, 1.165) is 30.3 Å². The average molecular weight is 251 g/mol. The maximum absolute atomic E-state index is 5.57. The Morgan fingerprint density at radius 3 is 2.65 bits per heavy atom. The summed E-state index contributed by atoms with van der Waals surface area (Å²) in [7, 11) is 2.03. The van der Waals surface area contributed by atoms with E-state index in [1.807, 2.05) is 19.4 Å². The summed E-state index contributed by atoms with van der Waals surface area (Å²) in [4.78, 5) is 8.70. The van der Waals surface area contributed by atoms with Crippen molar-refractivity contribution in [1.29, 1.82) is 0 Å². The lowest BCUT2D eigenvalue weighted by atomic mass is 10.4. The number of hydrogen-bond acceptors (Lipinski definition) is 5. The third kappa shape index (κ3) is 2.65. The Hall–Kier alpha value is -1.40. The number of nitrogens with two attached hydrogens (primary N) is 1. The fraction of sp³-hybridized carbons (Fsp3) is 0.455. The number of thiazole rings is 1. The summed E-state index contributed by atoms with van der Waals surface area (Å²) in [6.45, 7) is 5.56. The quantitative estimate of drug-likeness (QED) is 0.861. The molecule has 0 atom stereocenters. The van der Waals surface area contributed by atoms with Crippen LogP contribution in [0.5, 0.6) is 0 Å². The molecule has 2 heterocycles. The molecular formula is C11H17N5S. The van der Waals surface area contributed by atoms with Crippen LogP contribution in [0.1, 0.15) is 22.9 Å². The molecule has 5 nitrogen and oxygen atoms in total. The molecule has 2 rings (SSSR count). The van der Waals surface area contributed by atoms with Gasteiger partial charge in [0.05, 0.1) is 17.9 Å². The lowest BCUT2D eigenvalue weighted by molar-refractivity contribution is 0.629. The van der Waals surface area contributed by atoms with Gasteiger partial charge in [-0.1, -0.05) is 0 Å². The predicted octanol–water partition coefficient (Wildman–Crippen LogP) is 1.37. The van der Waals surface area contributed by atoms with Crippen molar-refractivity contribution in [2.45, 2.75) is 26.9 Å². The van der Waals surface area contributed by atoms with Crippen LogP contribution in [0, 0.1) is 13.8 Å². The van der Waals surface area contributed by atoms with Crippen molar-refractivity contribution in [2.75, 3.05) is 5.73 Å². The zero-order valence-electron chi connectivity index (χ0n) is 10.3. The molecule has 0 aromatic carbocycles. The molecule has 92 valence electrons. The molecule has 0 aliphatic carbocycles. The van der Waals surface area contributed by atoms with Crippen LogP contribution >= 0.6 is 11.3 Å². The number of imidazole rings is 1. The largest absolute Gasteiger partial charge is 0.375 e. The number of nitrogen functional groups attached to an aromatic ring is 1. The van der Waals surface area contributed by atoms with Crippen molar-refractivity contribution in [3.63, 3.8) is 0 Å². The number of anilines is 1. The van der Waals surface area contributed by atoms with Gasteiger partial charge in [-0.2, -0.15) is 0 Å². The minimum absolute atomic E-state index is 0.616. The number of aryl methyl sites for hydroxylation is 1. The number of nitrogens with zero attached hydrogens (tertiary/aromatic N) is 3. The van der Waals surface area contributed by atoms with Crippen LogP contribution in [0.25, 0.3) is 0 Å². The normalized spacial score (nSPS) is 11.0. The highest BCUT2D eigenvalue weighted by molar-refractivity contribution is 7.13. The molecular weight excluding hydrogens is 234 g/mol.